The van der Waals surface area contributed by atoms with Crippen molar-refractivity contribution in [1.29, 1.82) is 0 Å². The number of piperazine rings is 1. The zero-order valence-electron chi connectivity index (χ0n) is 14.3. The molecule has 1 amide bonds. The molecule has 1 aliphatic rings. The first-order valence-electron chi connectivity index (χ1n) is 8.01. The number of carboxylic acids is 1. The lowest BCUT2D eigenvalue weighted by Gasteiger charge is -2.35. The van der Waals surface area contributed by atoms with Crippen molar-refractivity contribution in [2.45, 2.75) is 6.54 Å². The number of hydrogen-bond donors (Lipinski definition) is 1. The predicted molar refractivity (Wildman–Crippen MR) is 90.0 cm³/mol. The van der Waals surface area contributed by atoms with E-state index in [1.807, 2.05) is 17.0 Å². The average Bonchev–Trinajstić information content (AvgIpc) is 2.55. The van der Waals surface area contributed by atoms with Gasteiger partial charge < -0.3 is 14.7 Å². The largest absolute Gasteiger partial charge is 0.497 e. The van der Waals surface area contributed by atoms with Gasteiger partial charge in [0.05, 0.1) is 20.2 Å². The van der Waals surface area contributed by atoms with Crippen LogP contribution in [0.4, 0.5) is 0 Å². The molecule has 1 saturated heterocycles. The molecular formula is C17H25N3O4. The summed E-state index contributed by atoms with van der Waals surface area (Å²) in [4.78, 5) is 28.5. The Bertz CT molecular complexity index is 553. The number of likely N-dealkylation sites (N-methyl/N-ethyl adjacent to an activating group) is 1. The second-order valence-electron chi connectivity index (χ2n) is 6.07. The third-order valence-electron chi connectivity index (χ3n) is 4.10. The molecule has 1 aromatic carbocycles. The van der Waals surface area contributed by atoms with Crippen LogP contribution in [-0.2, 0) is 16.1 Å². The normalized spacial score (nSPS) is 15.5. The van der Waals surface area contributed by atoms with Crippen LogP contribution in [0.25, 0.3) is 0 Å². The van der Waals surface area contributed by atoms with Gasteiger partial charge in [0.15, 0.2) is 0 Å². The number of ether oxygens (including phenoxy) is 1. The Hall–Kier alpha value is -2.12. The van der Waals surface area contributed by atoms with Crippen molar-refractivity contribution in [1.82, 2.24) is 14.7 Å². The minimum absolute atomic E-state index is 0.0113. The molecule has 0 spiro atoms. The van der Waals surface area contributed by atoms with Crippen LogP contribution in [0.3, 0.4) is 0 Å². The first-order valence-corrected chi connectivity index (χ1v) is 8.01. The van der Waals surface area contributed by atoms with Crippen LogP contribution in [0.2, 0.25) is 0 Å². The molecule has 0 unspecified atom stereocenters. The summed E-state index contributed by atoms with van der Waals surface area (Å²) in [6, 6.07) is 8.01. The number of amides is 1. The Morgan fingerprint density at radius 1 is 1.12 bits per heavy atom. The Morgan fingerprint density at radius 2 is 1.75 bits per heavy atom. The predicted octanol–water partition coefficient (Wildman–Crippen LogP) is 0.356. The van der Waals surface area contributed by atoms with Crippen LogP contribution in [-0.4, -0.2) is 85.1 Å². The Kier molecular flexibility index (Phi) is 6.57. The van der Waals surface area contributed by atoms with Crippen molar-refractivity contribution in [2.75, 3.05) is 53.4 Å². The Balaban J connectivity index is 1.76. The standard InChI is InChI=1S/C17H25N3O4/c1-18(13-17(22)23)12-16(21)20-9-7-19(8-10-20)11-14-3-5-15(24-2)6-4-14/h3-6H,7-13H2,1-2H3,(H,22,23). The van der Waals surface area contributed by atoms with Gasteiger partial charge in [-0.15, -0.1) is 0 Å². The maximum atomic E-state index is 12.2. The topological polar surface area (TPSA) is 73.3 Å². The quantitative estimate of drug-likeness (QED) is 0.775. The van der Waals surface area contributed by atoms with E-state index in [-0.39, 0.29) is 19.0 Å². The number of benzene rings is 1. The second-order valence-corrected chi connectivity index (χ2v) is 6.07. The van der Waals surface area contributed by atoms with Gasteiger partial charge in [-0.3, -0.25) is 19.4 Å². The van der Waals surface area contributed by atoms with E-state index >= 15 is 0 Å². The fraction of sp³-hybridized carbons (Fsp3) is 0.529. The Labute approximate surface area is 142 Å². The third kappa shape index (κ3) is 5.50. The molecule has 132 valence electrons. The summed E-state index contributed by atoms with van der Waals surface area (Å²) in [5.41, 5.74) is 1.22. The van der Waals surface area contributed by atoms with Crippen molar-refractivity contribution < 1.29 is 19.4 Å². The van der Waals surface area contributed by atoms with Crippen molar-refractivity contribution in [3.05, 3.63) is 29.8 Å². The van der Waals surface area contributed by atoms with Crippen LogP contribution in [0.15, 0.2) is 24.3 Å². The molecule has 2 rings (SSSR count). The van der Waals surface area contributed by atoms with Crippen molar-refractivity contribution in [3.63, 3.8) is 0 Å². The SMILES string of the molecule is COc1ccc(CN2CCN(C(=O)CN(C)CC(=O)O)CC2)cc1. The van der Waals surface area contributed by atoms with Crippen molar-refractivity contribution >= 4 is 11.9 Å². The number of hydrogen-bond acceptors (Lipinski definition) is 5. The van der Waals surface area contributed by atoms with Gasteiger partial charge >= 0.3 is 5.97 Å². The van der Waals surface area contributed by atoms with Gasteiger partial charge in [0, 0.05) is 32.7 Å². The molecule has 0 aromatic heterocycles. The molecule has 24 heavy (non-hydrogen) atoms. The molecule has 0 atom stereocenters. The van der Waals surface area contributed by atoms with Gasteiger partial charge in [-0.1, -0.05) is 12.1 Å². The summed E-state index contributed by atoms with van der Waals surface area (Å²) in [6.07, 6.45) is 0. The fourth-order valence-electron chi connectivity index (χ4n) is 2.76. The molecule has 1 aromatic rings. The molecule has 0 bridgehead atoms. The maximum Gasteiger partial charge on any atom is 0.317 e. The van der Waals surface area contributed by atoms with Crippen LogP contribution in [0, 0.1) is 0 Å². The molecule has 1 heterocycles. The lowest BCUT2D eigenvalue weighted by molar-refractivity contribution is -0.139. The highest BCUT2D eigenvalue weighted by Gasteiger charge is 2.22. The molecule has 0 aliphatic carbocycles. The van der Waals surface area contributed by atoms with Gasteiger partial charge in [0.25, 0.3) is 0 Å². The van der Waals surface area contributed by atoms with E-state index in [4.69, 9.17) is 9.84 Å². The van der Waals surface area contributed by atoms with Gasteiger partial charge in [-0.25, -0.2) is 0 Å². The summed E-state index contributed by atoms with van der Waals surface area (Å²) < 4.78 is 5.16. The monoisotopic (exact) mass is 335 g/mol. The number of carbonyl (C=O) groups is 2. The summed E-state index contributed by atoms with van der Waals surface area (Å²) in [7, 11) is 3.30. The summed E-state index contributed by atoms with van der Waals surface area (Å²) in [5.74, 6) is -0.0860. The molecule has 7 heteroatoms. The highest BCUT2D eigenvalue weighted by Crippen LogP contribution is 2.14. The minimum Gasteiger partial charge on any atom is -0.497 e. The third-order valence-corrected chi connectivity index (χ3v) is 4.10. The molecule has 1 fully saturated rings. The second kappa shape index (κ2) is 8.65. The average molecular weight is 335 g/mol. The summed E-state index contributed by atoms with van der Waals surface area (Å²) in [5, 5.41) is 8.73. The zero-order valence-corrected chi connectivity index (χ0v) is 14.3. The number of carbonyl (C=O) groups excluding carboxylic acids is 1. The Morgan fingerprint density at radius 3 is 2.29 bits per heavy atom. The first-order chi connectivity index (χ1) is 11.5. The van der Waals surface area contributed by atoms with Crippen LogP contribution >= 0.6 is 0 Å². The van der Waals surface area contributed by atoms with Gasteiger partial charge in [0.1, 0.15) is 5.75 Å². The van der Waals surface area contributed by atoms with E-state index in [0.29, 0.717) is 13.1 Å². The number of methoxy groups -OCH3 is 1. The van der Waals surface area contributed by atoms with Crippen molar-refractivity contribution in [2.24, 2.45) is 0 Å². The molecule has 7 nitrogen and oxygen atoms in total. The van der Waals surface area contributed by atoms with Crippen LogP contribution in [0.5, 0.6) is 5.75 Å². The highest BCUT2D eigenvalue weighted by atomic mass is 16.5. The van der Waals surface area contributed by atoms with Gasteiger partial charge in [0.2, 0.25) is 5.91 Å². The lowest BCUT2D eigenvalue weighted by Crippen LogP contribution is -2.50. The minimum atomic E-state index is -0.922. The summed E-state index contributed by atoms with van der Waals surface area (Å²) >= 11 is 0. The van der Waals surface area contributed by atoms with E-state index in [0.717, 1.165) is 25.4 Å². The molecule has 0 radical (unpaired) electrons. The van der Waals surface area contributed by atoms with Crippen molar-refractivity contribution in [3.8, 4) is 5.75 Å². The molecular weight excluding hydrogens is 310 g/mol. The number of carboxylic acid groups (broad SMARTS) is 1. The highest BCUT2D eigenvalue weighted by molar-refractivity contribution is 5.79. The van der Waals surface area contributed by atoms with E-state index in [9.17, 15) is 9.59 Å². The first kappa shape index (κ1) is 18.2. The number of aliphatic carboxylic acids is 1. The smallest absolute Gasteiger partial charge is 0.317 e. The maximum absolute atomic E-state index is 12.2. The van der Waals surface area contributed by atoms with Crippen LogP contribution in [0.1, 0.15) is 5.56 Å². The van der Waals surface area contributed by atoms with E-state index in [1.165, 1.54) is 10.5 Å². The zero-order chi connectivity index (χ0) is 17.5. The number of nitrogens with zero attached hydrogens (tertiary/aromatic N) is 3. The van der Waals surface area contributed by atoms with Crippen LogP contribution < -0.4 is 4.74 Å². The van der Waals surface area contributed by atoms with E-state index in [1.54, 1.807) is 14.2 Å². The van der Waals surface area contributed by atoms with Gasteiger partial charge in [-0.05, 0) is 24.7 Å². The lowest BCUT2D eigenvalue weighted by atomic mass is 10.2. The number of rotatable bonds is 7. The molecule has 0 saturated carbocycles. The molecule has 1 aliphatic heterocycles. The van der Waals surface area contributed by atoms with E-state index < -0.39 is 5.97 Å². The van der Waals surface area contributed by atoms with Gasteiger partial charge in [-0.2, -0.15) is 0 Å². The van der Waals surface area contributed by atoms with E-state index in [2.05, 4.69) is 17.0 Å². The fourth-order valence-corrected chi connectivity index (χ4v) is 2.76. The summed E-state index contributed by atoms with van der Waals surface area (Å²) in [6.45, 7) is 3.87. The molecule has 1 N–H and O–H groups in total.